The predicted molar refractivity (Wildman–Crippen MR) is 40.9 cm³/mol. The SMILES string of the molecule is C[C-]=O.[CH2-]CCCCC.[Fe+2]. The van der Waals surface area contributed by atoms with E-state index in [2.05, 4.69) is 13.8 Å². The van der Waals surface area contributed by atoms with Crippen molar-refractivity contribution in [2.24, 2.45) is 0 Å². The summed E-state index contributed by atoms with van der Waals surface area (Å²) in [5.41, 5.74) is 0. The fraction of sp³-hybridized carbons (Fsp3) is 0.750. The molecule has 0 aromatic carbocycles. The molecule has 10 heavy (non-hydrogen) atoms. The Bertz CT molecular complexity index is 42.5. The first kappa shape index (κ1) is 16.6. The van der Waals surface area contributed by atoms with Gasteiger partial charge in [-0.05, 0) is 0 Å². The van der Waals surface area contributed by atoms with Crippen molar-refractivity contribution in [1.82, 2.24) is 0 Å². The molecule has 0 amide bonds. The minimum absolute atomic E-state index is 0. The normalized spacial score (nSPS) is 6.70. The molecule has 0 aliphatic carbocycles. The topological polar surface area (TPSA) is 17.1 Å². The van der Waals surface area contributed by atoms with Crippen LogP contribution in [0.15, 0.2) is 0 Å². The van der Waals surface area contributed by atoms with E-state index in [9.17, 15) is 0 Å². The van der Waals surface area contributed by atoms with Gasteiger partial charge in [-0.2, -0.15) is 13.3 Å². The first-order chi connectivity index (χ1) is 4.33. The second-order valence-electron chi connectivity index (χ2n) is 1.76. The summed E-state index contributed by atoms with van der Waals surface area (Å²) in [5.74, 6) is 0. The van der Waals surface area contributed by atoms with Gasteiger partial charge in [0.1, 0.15) is 0 Å². The van der Waals surface area contributed by atoms with Crippen LogP contribution in [0.2, 0.25) is 0 Å². The Balaban J connectivity index is -0.000000107. The van der Waals surface area contributed by atoms with E-state index >= 15 is 0 Å². The molecule has 0 fully saturated rings. The monoisotopic (exact) mass is 184 g/mol. The van der Waals surface area contributed by atoms with E-state index in [4.69, 9.17) is 4.79 Å². The van der Waals surface area contributed by atoms with Crippen LogP contribution in [0, 0.1) is 6.92 Å². The molecule has 0 bridgehead atoms. The van der Waals surface area contributed by atoms with Crippen molar-refractivity contribution in [3.63, 3.8) is 0 Å². The van der Waals surface area contributed by atoms with Crippen molar-refractivity contribution >= 4 is 6.29 Å². The van der Waals surface area contributed by atoms with Gasteiger partial charge in [-0.1, -0.05) is 26.2 Å². The molecule has 0 atom stereocenters. The predicted octanol–water partition coefficient (Wildman–Crippen LogP) is 2.51. The second-order valence-corrected chi connectivity index (χ2v) is 1.76. The molecule has 2 heteroatoms. The molecular formula is C8H16FeO. The molecule has 1 nitrogen and oxygen atoms in total. The fourth-order valence-electron chi connectivity index (χ4n) is 0.427. The van der Waals surface area contributed by atoms with Crippen LogP contribution >= 0.6 is 0 Å². The van der Waals surface area contributed by atoms with Crippen LogP contribution in [0.3, 0.4) is 0 Å². The molecule has 0 unspecified atom stereocenters. The second kappa shape index (κ2) is 22.9. The largest absolute Gasteiger partial charge is 2.00 e. The minimum Gasteiger partial charge on any atom is -0.542 e. The molecular weight excluding hydrogens is 168 g/mol. The van der Waals surface area contributed by atoms with Crippen molar-refractivity contribution < 1.29 is 21.9 Å². The molecule has 0 spiro atoms. The summed E-state index contributed by atoms with van der Waals surface area (Å²) in [7, 11) is 0. The Morgan fingerprint density at radius 3 is 1.90 bits per heavy atom. The summed E-state index contributed by atoms with van der Waals surface area (Å²) in [4.78, 5) is 8.68. The molecule has 0 aliphatic heterocycles. The van der Waals surface area contributed by atoms with Gasteiger partial charge >= 0.3 is 17.1 Å². The smallest absolute Gasteiger partial charge is 0.542 e. The quantitative estimate of drug-likeness (QED) is 0.374. The molecule has 0 aromatic heterocycles. The van der Waals surface area contributed by atoms with Crippen molar-refractivity contribution in [3.05, 3.63) is 6.92 Å². The van der Waals surface area contributed by atoms with Crippen LogP contribution in [0.1, 0.15) is 39.5 Å². The van der Waals surface area contributed by atoms with Gasteiger partial charge in [0.05, 0.1) is 0 Å². The average Bonchev–Trinajstić information content (AvgIpc) is 1.86. The van der Waals surface area contributed by atoms with Gasteiger partial charge in [0, 0.05) is 0 Å². The zero-order chi connectivity index (χ0) is 7.54. The third-order valence-corrected chi connectivity index (χ3v) is 0.854. The van der Waals surface area contributed by atoms with Crippen LogP contribution in [-0.2, 0) is 21.9 Å². The minimum atomic E-state index is 0. The third-order valence-electron chi connectivity index (χ3n) is 0.854. The van der Waals surface area contributed by atoms with Crippen molar-refractivity contribution in [2.45, 2.75) is 39.5 Å². The number of hydrogen-bond donors (Lipinski definition) is 0. The molecule has 0 heterocycles. The number of unbranched alkanes of at least 4 members (excludes halogenated alkanes) is 3. The van der Waals surface area contributed by atoms with Gasteiger partial charge in [0.15, 0.2) is 0 Å². The number of carbonyl (C=O) groups excluding carboxylic acids is 1. The molecule has 62 valence electrons. The Kier molecular flexibility index (Phi) is 38.1. The molecule has 0 N–H and O–H groups in total. The Morgan fingerprint density at radius 2 is 1.80 bits per heavy atom. The summed E-state index contributed by atoms with van der Waals surface area (Å²) in [6.07, 6.45) is 6.57. The Hall–Kier alpha value is 0.189. The Morgan fingerprint density at radius 1 is 1.40 bits per heavy atom. The van der Waals surface area contributed by atoms with E-state index in [0.29, 0.717) is 0 Å². The zero-order valence-corrected chi connectivity index (χ0v) is 7.90. The summed E-state index contributed by atoms with van der Waals surface area (Å²) in [6.45, 7) is 7.25. The molecule has 0 radical (unpaired) electrons. The Labute approximate surface area is 75.1 Å². The van der Waals surface area contributed by atoms with Crippen molar-refractivity contribution in [1.29, 1.82) is 0 Å². The van der Waals surface area contributed by atoms with Crippen LogP contribution in [0.5, 0.6) is 0 Å². The van der Waals surface area contributed by atoms with Crippen LogP contribution in [0.25, 0.3) is 0 Å². The van der Waals surface area contributed by atoms with E-state index in [-0.39, 0.29) is 17.1 Å². The van der Waals surface area contributed by atoms with E-state index in [1.54, 1.807) is 0 Å². The van der Waals surface area contributed by atoms with Gasteiger partial charge in [-0.15, -0.1) is 0 Å². The average molecular weight is 184 g/mol. The van der Waals surface area contributed by atoms with Crippen molar-refractivity contribution in [3.8, 4) is 0 Å². The maximum Gasteiger partial charge on any atom is 2.00 e. The van der Waals surface area contributed by atoms with Gasteiger partial charge < -0.3 is 11.7 Å². The fourth-order valence-corrected chi connectivity index (χ4v) is 0.427. The number of rotatable bonds is 3. The van der Waals surface area contributed by atoms with Gasteiger partial charge in [0.25, 0.3) is 0 Å². The van der Waals surface area contributed by atoms with E-state index < -0.39 is 0 Å². The first-order valence-electron chi connectivity index (χ1n) is 3.41. The van der Waals surface area contributed by atoms with Crippen LogP contribution in [0.4, 0.5) is 0 Å². The van der Waals surface area contributed by atoms with Gasteiger partial charge in [-0.3, -0.25) is 6.29 Å². The maximum atomic E-state index is 8.68. The first-order valence-corrected chi connectivity index (χ1v) is 3.41. The summed E-state index contributed by atoms with van der Waals surface area (Å²) in [5, 5.41) is 0. The third kappa shape index (κ3) is 41.6. The van der Waals surface area contributed by atoms with Gasteiger partial charge in [0.2, 0.25) is 0 Å². The standard InChI is InChI=1S/C6H13.C2H3O.Fe/c1-3-5-6-4-2;1-2-3;/h1,3-6H2,2H3;1H3;/q2*-1;+2. The molecule has 0 rings (SSSR count). The summed E-state index contributed by atoms with van der Waals surface area (Å²) in [6, 6.07) is 0. The number of hydrogen-bond acceptors (Lipinski definition) is 1. The van der Waals surface area contributed by atoms with Gasteiger partial charge in [-0.25, -0.2) is 0 Å². The maximum absolute atomic E-state index is 8.68. The van der Waals surface area contributed by atoms with Crippen molar-refractivity contribution in [2.75, 3.05) is 0 Å². The van der Waals surface area contributed by atoms with Crippen LogP contribution in [-0.4, -0.2) is 6.29 Å². The van der Waals surface area contributed by atoms with E-state index in [0.717, 1.165) is 6.42 Å². The molecule has 0 saturated heterocycles. The molecule has 0 saturated carbocycles. The molecule has 0 aliphatic rings. The van der Waals surface area contributed by atoms with E-state index in [1.165, 1.54) is 32.5 Å². The van der Waals surface area contributed by atoms with Crippen LogP contribution < -0.4 is 0 Å². The summed E-state index contributed by atoms with van der Waals surface area (Å²) >= 11 is 0. The summed E-state index contributed by atoms with van der Waals surface area (Å²) < 4.78 is 0. The van der Waals surface area contributed by atoms with E-state index in [1.807, 2.05) is 0 Å². The zero-order valence-electron chi connectivity index (χ0n) is 6.80. The molecule has 0 aromatic rings.